The summed E-state index contributed by atoms with van der Waals surface area (Å²) < 4.78 is 37.5. The fourth-order valence-electron chi connectivity index (χ4n) is 2.44. The van der Waals surface area contributed by atoms with Crippen LogP contribution in [-0.2, 0) is 11.1 Å². The summed E-state index contributed by atoms with van der Waals surface area (Å²) in [5.74, 6) is 5.66. The molecular weight excluding hydrogens is 357 g/mol. The molecule has 1 saturated heterocycles. The number of hydrogen-bond donors (Lipinski definition) is 0. The van der Waals surface area contributed by atoms with Crippen LogP contribution >= 0.6 is 11.6 Å². The number of piperidine rings is 1. The zero-order valence-corrected chi connectivity index (χ0v) is 13.6. The van der Waals surface area contributed by atoms with Crippen molar-refractivity contribution >= 4 is 23.1 Å². The van der Waals surface area contributed by atoms with E-state index in [4.69, 9.17) is 11.6 Å². The molecule has 1 aliphatic heterocycles. The second-order valence-corrected chi connectivity index (χ2v) is 5.83. The van der Waals surface area contributed by atoms with Crippen LogP contribution in [0.15, 0.2) is 24.7 Å². The zero-order valence-electron chi connectivity index (χ0n) is 12.8. The summed E-state index contributed by atoms with van der Waals surface area (Å²) in [5.41, 5.74) is 1.37. The molecule has 9 heteroatoms. The van der Waals surface area contributed by atoms with Gasteiger partial charge in [0.2, 0.25) is 0 Å². The van der Waals surface area contributed by atoms with Crippen LogP contribution in [0.25, 0.3) is 0 Å². The van der Waals surface area contributed by atoms with E-state index in [9.17, 15) is 18.0 Å². The van der Waals surface area contributed by atoms with Crippen LogP contribution in [0.5, 0.6) is 0 Å². The molecule has 2 aromatic rings. The minimum Gasteiger partial charge on any atom is -0.370 e. The Hall–Kier alpha value is -2.53. The zero-order chi connectivity index (χ0) is 18.0. The first-order valence-corrected chi connectivity index (χ1v) is 7.77. The first kappa shape index (κ1) is 17.3. The highest BCUT2D eigenvalue weighted by Crippen LogP contribution is 2.25. The van der Waals surface area contributed by atoms with Gasteiger partial charge in [0.05, 0.1) is 23.0 Å². The summed E-state index contributed by atoms with van der Waals surface area (Å²) in [6.45, 7) is 1.08. The van der Waals surface area contributed by atoms with Crippen molar-refractivity contribution < 1.29 is 18.0 Å². The topological polar surface area (TPSA) is 51.0 Å². The maximum atomic E-state index is 12.5. The van der Waals surface area contributed by atoms with Gasteiger partial charge in [-0.3, -0.25) is 4.79 Å². The number of hydrogen-bond acceptors (Lipinski definition) is 4. The number of pyridine rings is 1. The van der Waals surface area contributed by atoms with E-state index in [-0.39, 0.29) is 21.2 Å². The number of aromatic nitrogens is 3. The molecule has 1 aliphatic rings. The van der Waals surface area contributed by atoms with E-state index in [1.165, 1.54) is 6.20 Å². The molecule has 0 unspecified atom stereocenters. The van der Waals surface area contributed by atoms with E-state index in [0.29, 0.717) is 37.2 Å². The Kier molecular flexibility index (Phi) is 4.68. The van der Waals surface area contributed by atoms with Gasteiger partial charge in [-0.05, 0) is 0 Å². The van der Waals surface area contributed by atoms with Crippen molar-refractivity contribution in [1.29, 1.82) is 0 Å². The monoisotopic (exact) mass is 368 g/mol. The van der Waals surface area contributed by atoms with Crippen LogP contribution in [0, 0.1) is 11.8 Å². The third-order valence-corrected chi connectivity index (χ3v) is 3.90. The average Bonchev–Trinajstić information content (AvgIpc) is 3.04. The Morgan fingerprint density at radius 3 is 2.52 bits per heavy atom. The van der Waals surface area contributed by atoms with Gasteiger partial charge in [-0.15, -0.1) is 13.2 Å². The van der Waals surface area contributed by atoms with Crippen LogP contribution in [0.4, 0.5) is 18.9 Å². The van der Waals surface area contributed by atoms with Gasteiger partial charge in [0.25, 0.3) is 0 Å². The first-order chi connectivity index (χ1) is 11.8. The number of rotatable bonds is 1. The molecule has 130 valence electrons. The molecule has 3 heterocycles. The largest absolute Gasteiger partial charge is 0.504 e. The Balaban J connectivity index is 1.88. The molecule has 25 heavy (non-hydrogen) atoms. The average molecular weight is 369 g/mol. The Labute approximate surface area is 146 Å². The molecular formula is C16H12ClF3N4O. The Bertz CT molecular complexity index is 856. The molecule has 0 amide bonds. The lowest BCUT2D eigenvalue weighted by Crippen LogP contribution is -2.34. The number of nitrogens with zero attached hydrogens (tertiary/aromatic N) is 4. The quantitative estimate of drug-likeness (QED) is 0.573. The lowest BCUT2D eigenvalue weighted by molar-refractivity contribution is -0.212. The van der Waals surface area contributed by atoms with E-state index in [1.54, 1.807) is 6.07 Å². The van der Waals surface area contributed by atoms with E-state index in [2.05, 4.69) is 21.9 Å². The van der Waals surface area contributed by atoms with E-state index in [0.717, 1.165) is 12.4 Å². The third kappa shape index (κ3) is 4.12. The van der Waals surface area contributed by atoms with Crippen molar-refractivity contribution in [1.82, 2.24) is 14.8 Å². The van der Waals surface area contributed by atoms with E-state index in [1.807, 2.05) is 4.90 Å². The first-order valence-electron chi connectivity index (χ1n) is 7.39. The SMILES string of the molecule is O=C1CCN(c2cc(Cl)ncc2C#Cc2cnn(C(F)(F)F)c2)CC1. The molecule has 0 N–H and O–H groups in total. The summed E-state index contributed by atoms with van der Waals surface area (Å²) >= 11 is 5.94. The number of alkyl halides is 3. The van der Waals surface area contributed by atoms with Gasteiger partial charge >= 0.3 is 6.30 Å². The van der Waals surface area contributed by atoms with Gasteiger partial charge in [0, 0.05) is 44.4 Å². The summed E-state index contributed by atoms with van der Waals surface area (Å²) in [7, 11) is 0. The minimum atomic E-state index is -4.58. The van der Waals surface area contributed by atoms with E-state index >= 15 is 0 Å². The number of carbonyl (C=O) groups excluding carboxylic acids is 1. The molecule has 0 aliphatic carbocycles. The van der Waals surface area contributed by atoms with Gasteiger partial charge in [-0.1, -0.05) is 23.4 Å². The van der Waals surface area contributed by atoms with Crippen LogP contribution in [0.2, 0.25) is 5.15 Å². The van der Waals surface area contributed by atoms with Crippen LogP contribution < -0.4 is 4.90 Å². The lowest BCUT2D eigenvalue weighted by atomic mass is 10.1. The maximum absolute atomic E-state index is 12.5. The number of halogens is 4. The predicted molar refractivity (Wildman–Crippen MR) is 85.2 cm³/mol. The summed E-state index contributed by atoms with van der Waals surface area (Å²) in [6, 6.07) is 1.64. The maximum Gasteiger partial charge on any atom is 0.504 e. The summed E-state index contributed by atoms with van der Waals surface area (Å²) in [4.78, 5) is 17.3. The Morgan fingerprint density at radius 2 is 1.88 bits per heavy atom. The van der Waals surface area contributed by atoms with Crippen molar-refractivity contribution in [2.75, 3.05) is 18.0 Å². The standard InChI is InChI=1S/C16H12ClF3N4O/c17-15-7-14(23-5-3-13(25)4-6-23)12(9-21-15)2-1-11-8-22-24(10-11)16(18,19)20/h7-10H,3-6H2. The molecule has 0 atom stereocenters. The van der Waals surface area contributed by atoms with Crippen molar-refractivity contribution in [3.05, 3.63) is 40.9 Å². The van der Waals surface area contributed by atoms with Crippen molar-refractivity contribution in [2.45, 2.75) is 19.1 Å². The fraction of sp³-hybridized carbons (Fsp3) is 0.312. The lowest BCUT2D eigenvalue weighted by Gasteiger charge is -2.29. The molecule has 0 bridgehead atoms. The van der Waals surface area contributed by atoms with Crippen molar-refractivity contribution in [3.8, 4) is 11.8 Å². The smallest absolute Gasteiger partial charge is 0.370 e. The van der Waals surface area contributed by atoms with Crippen LogP contribution in [0.1, 0.15) is 24.0 Å². The third-order valence-electron chi connectivity index (χ3n) is 3.69. The van der Waals surface area contributed by atoms with Crippen LogP contribution in [-0.4, -0.2) is 33.6 Å². The number of anilines is 1. The summed E-state index contributed by atoms with van der Waals surface area (Å²) in [5, 5.41) is 3.52. The van der Waals surface area contributed by atoms with Gasteiger partial charge in [0.15, 0.2) is 0 Å². The van der Waals surface area contributed by atoms with E-state index < -0.39 is 6.30 Å². The molecule has 0 aromatic carbocycles. The second kappa shape index (κ2) is 6.76. The number of Topliss-reactive ketones (excluding diaryl/α,β-unsaturated/α-hetero) is 1. The van der Waals surface area contributed by atoms with Gasteiger partial charge in [-0.2, -0.15) is 9.78 Å². The molecule has 0 saturated carbocycles. The molecule has 5 nitrogen and oxygen atoms in total. The molecule has 3 rings (SSSR count). The highest BCUT2D eigenvalue weighted by molar-refractivity contribution is 6.29. The molecule has 0 radical (unpaired) electrons. The fourth-order valence-corrected chi connectivity index (χ4v) is 2.59. The normalized spacial score (nSPS) is 15.0. The Morgan fingerprint density at radius 1 is 1.16 bits per heavy atom. The number of ketones is 1. The van der Waals surface area contributed by atoms with Gasteiger partial charge in [-0.25, -0.2) is 4.98 Å². The van der Waals surface area contributed by atoms with Gasteiger partial charge in [0.1, 0.15) is 10.9 Å². The highest BCUT2D eigenvalue weighted by Gasteiger charge is 2.31. The predicted octanol–water partition coefficient (Wildman–Crippen LogP) is 2.98. The second-order valence-electron chi connectivity index (χ2n) is 5.44. The molecule has 2 aromatic heterocycles. The van der Waals surface area contributed by atoms with Gasteiger partial charge < -0.3 is 4.90 Å². The number of carbonyl (C=O) groups is 1. The van der Waals surface area contributed by atoms with Crippen molar-refractivity contribution in [3.63, 3.8) is 0 Å². The molecule has 0 spiro atoms. The minimum absolute atomic E-state index is 0.103. The molecule has 1 fully saturated rings. The van der Waals surface area contributed by atoms with Crippen molar-refractivity contribution in [2.24, 2.45) is 0 Å². The highest BCUT2D eigenvalue weighted by atomic mass is 35.5. The summed E-state index contributed by atoms with van der Waals surface area (Å²) in [6.07, 6.45) is -0.377. The van der Waals surface area contributed by atoms with Crippen LogP contribution in [0.3, 0.4) is 0 Å².